The van der Waals surface area contributed by atoms with Gasteiger partial charge in [-0.3, -0.25) is 4.79 Å². The molecule has 12 rings (SSSR count). The van der Waals surface area contributed by atoms with E-state index < -0.39 is 0 Å². The molecule has 0 spiro atoms. The molecule has 0 amide bonds. The van der Waals surface area contributed by atoms with Crippen LogP contribution in [0.2, 0.25) is 0 Å². The maximum Gasteiger partial charge on any atom is 0.166 e. The summed E-state index contributed by atoms with van der Waals surface area (Å²) in [7, 11) is 0. The largest absolute Gasteiger partial charge is 0.366 e. The van der Waals surface area contributed by atoms with Gasteiger partial charge >= 0.3 is 0 Å². The van der Waals surface area contributed by atoms with Gasteiger partial charge in [-0.1, -0.05) is 85.0 Å². The van der Waals surface area contributed by atoms with E-state index >= 15 is 0 Å². The van der Waals surface area contributed by atoms with E-state index in [2.05, 4.69) is 54.6 Å². The quantitative estimate of drug-likeness (QED) is 0.469. The second kappa shape index (κ2) is 5.51. The number of hydrogen-bond acceptors (Lipinski definition) is 2. The van der Waals surface area contributed by atoms with Crippen molar-refractivity contribution in [3.05, 3.63) is 96.1 Å². The van der Waals surface area contributed by atoms with Crippen molar-refractivity contribution in [2.45, 2.75) is 11.7 Å². The Hall–Kier alpha value is -2.45. The van der Waals surface area contributed by atoms with Gasteiger partial charge in [-0.05, 0) is 64.7 Å². The van der Waals surface area contributed by atoms with Gasteiger partial charge in [-0.25, -0.2) is 0 Å². The van der Waals surface area contributed by atoms with Gasteiger partial charge in [0.15, 0.2) is 5.78 Å². The molecule has 0 N–H and O–H groups in total. The lowest BCUT2D eigenvalue weighted by atomic mass is 9.36. The number of ether oxygens (including phenoxy) is 1. The second-order valence-corrected chi connectivity index (χ2v) is 12.6. The average molecular weight is 445 g/mol. The maximum absolute atomic E-state index is 14.2. The smallest absolute Gasteiger partial charge is 0.166 e. The normalized spacial score (nSPS) is 56.7. The lowest BCUT2D eigenvalue weighted by molar-refractivity contribution is -0.288. The number of Topliss-reactive ketones (excluding diaryl/α,β-unsaturated/α-hetero) is 1. The highest BCUT2D eigenvalue weighted by Crippen LogP contribution is 2.87. The van der Waals surface area contributed by atoms with E-state index in [4.69, 9.17) is 4.74 Å². The SMILES string of the molecule is O=C(c1ccccc1)[C@H]1[C@H]2[C@@H]3[C@H]4C5[C@H]6C=CC(C=C[C@@H]56)[C@H]4[C@@H]3[C@@H]3[C@H]4O[C@](c5ccccc5)([C@H]42)[C@H]13. The molecule has 7 fully saturated rings. The van der Waals surface area contributed by atoms with Crippen LogP contribution in [-0.4, -0.2) is 11.9 Å². The molecule has 0 aromatic heterocycles. The lowest BCUT2D eigenvalue weighted by Gasteiger charge is -2.68. The molecule has 0 radical (unpaired) electrons. The summed E-state index contributed by atoms with van der Waals surface area (Å²) in [4.78, 5) is 14.2. The Morgan fingerprint density at radius 3 is 2.03 bits per heavy atom. The fraction of sp³-hybridized carbons (Fsp3) is 0.469. The van der Waals surface area contributed by atoms with Crippen LogP contribution in [0.3, 0.4) is 0 Å². The highest BCUT2D eigenvalue weighted by Gasteiger charge is 2.90. The molecule has 1 aliphatic heterocycles. The molecule has 15 atom stereocenters. The van der Waals surface area contributed by atoms with Crippen molar-refractivity contribution in [1.29, 1.82) is 0 Å². The summed E-state index contributed by atoms with van der Waals surface area (Å²) in [6.07, 6.45) is 10.6. The van der Waals surface area contributed by atoms with E-state index in [9.17, 15) is 4.79 Å². The zero-order chi connectivity index (χ0) is 21.9. The minimum atomic E-state index is -0.222. The van der Waals surface area contributed by atoms with Crippen molar-refractivity contribution in [1.82, 2.24) is 0 Å². The Morgan fingerprint density at radius 2 is 1.29 bits per heavy atom. The third-order valence-corrected chi connectivity index (χ3v) is 12.1. The van der Waals surface area contributed by atoms with Gasteiger partial charge in [0, 0.05) is 23.3 Å². The summed E-state index contributed by atoms with van der Waals surface area (Å²) in [5.74, 6) is 8.46. The third kappa shape index (κ3) is 1.66. The van der Waals surface area contributed by atoms with E-state index in [1.54, 1.807) is 0 Å². The molecule has 2 aromatic rings. The highest BCUT2D eigenvalue weighted by atomic mass is 16.6. The Labute approximate surface area is 200 Å². The predicted molar refractivity (Wildman–Crippen MR) is 127 cm³/mol. The number of carbonyl (C=O) groups excluding carboxylic acids is 1. The van der Waals surface area contributed by atoms with Crippen LogP contribution in [0.15, 0.2) is 85.0 Å². The average Bonchev–Trinajstić information content (AvgIpc) is 3.39. The summed E-state index contributed by atoms with van der Waals surface area (Å²) < 4.78 is 6.95. The van der Waals surface area contributed by atoms with Crippen molar-refractivity contribution in [3.63, 3.8) is 0 Å². The van der Waals surface area contributed by atoms with Crippen molar-refractivity contribution in [3.8, 4) is 0 Å². The molecule has 2 aromatic carbocycles. The van der Waals surface area contributed by atoms with Crippen molar-refractivity contribution in [2.75, 3.05) is 0 Å². The first-order valence-electron chi connectivity index (χ1n) is 13.5. The maximum atomic E-state index is 14.2. The third-order valence-electron chi connectivity index (χ3n) is 12.1. The number of ketones is 1. The molecular formula is C32H28O2. The minimum absolute atomic E-state index is 0.123. The number of carbonyl (C=O) groups is 1. The zero-order valence-electron chi connectivity index (χ0n) is 19.0. The van der Waals surface area contributed by atoms with Crippen LogP contribution in [0.1, 0.15) is 15.9 Å². The summed E-state index contributed by atoms with van der Waals surface area (Å²) >= 11 is 0. The van der Waals surface area contributed by atoms with Gasteiger partial charge in [-0.2, -0.15) is 0 Å². The van der Waals surface area contributed by atoms with Crippen molar-refractivity contribution >= 4 is 5.78 Å². The fourth-order valence-electron chi connectivity index (χ4n) is 11.5. The van der Waals surface area contributed by atoms with Crippen LogP contribution in [0.25, 0.3) is 0 Å². The molecule has 2 heteroatoms. The molecule has 1 saturated heterocycles. The fourth-order valence-corrected chi connectivity index (χ4v) is 11.5. The van der Waals surface area contributed by atoms with Crippen LogP contribution < -0.4 is 0 Å². The molecule has 168 valence electrons. The first-order valence-corrected chi connectivity index (χ1v) is 13.5. The van der Waals surface area contributed by atoms with Crippen LogP contribution in [-0.2, 0) is 10.3 Å². The van der Waals surface area contributed by atoms with Crippen LogP contribution in [0.4, 0.5) is 0 Å². The summed E-state index contributed by atoms with van der Waals surface area (Å²) in [5.41, 5.74) is 2.02. The van der Waals surface area contributed by atoms with Gasteiger partial charge in [0.1, 0.15) is 5.60 Å². The van der Waals surface area contributed by atoms with E-state index in [0.29, 0.717) is 41.5 Å². The molecule has 2 unspecified atom stereocenters. The number of hydrogen-bond donors (Lipinski definition) is 0. The van der Waals surface area contributed by atoms with E-state index in [1.165, 1.54) is 5.56 Å². The van der Waals surface area contributed by atoms with Gasteiger partial charge in [-0.15, -0.1) is 0 Å². The summed E-state index contributed by atoms with van der Waals surface area (Å²) in [6.45, 7) is 0. The van der Waals surface area contributed by atoms with Crippen molar-refractivity contribution < 1.29 is 9.53 Å². The molecule has 10 aliphatic rings. The molecule has 2 nitrogen and oxygen atoms in total. The minimum Gasteiger partial charge on any atom is -0.366 e. The first kappa shape index (κ1) is 17.9. The van der Waals surface area contributed by atoms with E-state index in [1.807, 2.05) is 30.3 Å². The number of benzene rings is 2. The van der Waals surface area contributed by atoms with E-state index in [-0.39, 0.29) is 11.5 Å². The van der Waals surface area contributed by atoms with Gasteiger partial charge in [0.25, 0.3) is 0 Å². The van der Waals surface area contributed by atoms with Gasteiger partial charge < -0.3 is 4.74 Å². The van der Waals surface area contributed by atoms with E-state index in [0.717, 1.165) is 47.0 Å². The van der Waals surface area contributed by atoms with Gasteiger partial charge in [0.05, 0.1) is 6.10 Å². The van der Waals surface area contributed by atoms with Gasteiger partial charge in [0.2, 0.25) is 0 Å². The predicted octanol–water partition coefficient (Wildman–Crippen LogP) is 5.38. The standard InChI is InChI=1S/C32H28O2/c33-30(16-7-3-1-4-8-16)26-25-24-22-20(15-11-13-18-19(14-12-15)21(18)22)23(24)27-28(26)32(29(25)31(27)34-32)17-9-5-2-6-10-17/h1-15,18-29,31H/t15?,18-,19+,20-,21?,22-,23+,24-,25-,26+,27+,28-,29+,31-,32+/m1/s1. The summed E-state index contributed by atoms with van der Waals surface area (Å²) in [5, 5.41) is 0. The second-order valence-electron chi connectivity index (χ2n) is 12.6. The monoisotopic (exact) mass is 444 g/mol. The molecule has 1 heterocycles. The lowest BCUT2D eigenvalue weighted by Crippen LogP contribution is -2.69. The Bertz CT molecular complexity index is 1290. The number of allylic oxidation sites excluding steroid dienone is 4. The summed E-state index contributed by atoms with van der Waals surface area (Å²) in [6, 6.07) is 21.2. The van der Waals surface area contributed by atoms with Crippen molar-refractivity contribution in [2.24, 2.45) is 76.9 Å². The van der Waals surface area contributed by atoms with Crippen LogP contribution >= 0.6 is 0 Å². The molecule has 6 saturated carbocycles. The Morgan fingerprint density at radius 1 is 0.647 bits per heavy atom. The highest BCUT2D eigenvalue weighted by molar-refractivity contribution is 5.99. The Kier molecular flexibility index (Phi) is 2.90. The van der Waals surface area contributed by atoms with Crippen LogP contribution in [0, 0.1) is 76.9 Å². The molecule has 10 bridgehead atoms. The zero-order valence-corrected chi connectivity index (χ0v) is 19.0. The molecular weight excluding hydrogens is 416 g/mol. The Balaban J connectivity index is 1.16. The molecule has 34 heavy (non-hydrogen) atoms. The topological polar surface area (TPSA) is 26.3 Å². The number of rotatable bonds is 3. The molecule has 9 aliphatic carbocycles. The first-order chi connectivity index (χ1) is 16.8. The van der Waals surface area contributed by atoms with Crippen LogP contribution in [0.5, 0.6) is 0 Å².